The third-order valence-electron chi connectivity index (χ3n) is 5.56. The molecule has 1 fully saturated rings. The van der Waals surface area contributed by atoms with E-state index in [9.17, 15) is 4.79 Å². The second kappa shape index (κ2) is 8.71. The molecule has 7 nitrogen and oxygen atoms in total. The van der Waals surface area contributed by atoms with Crippen LogP contribution in [-0.2, 0) is 6.54 Å². The summed E-state index contributed by atoms with van der Waals surface area (Å²) in [5.41, 5.74) is 4.72. The number of rotatable bonds is 7. The van der Waals surface area contributed by atoms with Gasteiger partial charge >= 0.3 is 6.03 Å². The molecule has 0 aliphatic heterocycles. The van der Waals surface area contributed by atoms with Crippen LogP contribution in [0.4, 0.5) is 10.5 Å². The fraction of sp³-hybridized carbons (Fsp3) is 0.333. The summed E-state index contributed by atoms with van der Waals surface area (Å²) in [6, 6.07) is 11.8. The van der Waals surface area contributed by atoms with Gasteiger partial charge in [0.1, 0.15) is 11.5 Å². The monoisotopic (exact) mass is 420 g/mol. The SMILES string of the molecule is COc1ccc(CN(C(=O)Nc2ccc(-n3cnc(C)c3)c(OC)c2)C2CC2)c(C)c1. The van der Waals surface area contributed by atoms with E-state index in [0.717, 1.165) is 41.1 Å². The number of nitrogens with one attached hydrogen (secondary N) is 1. The average Bonchev–Trinajstić information content (AvgIpc) is 3.52. The lowest BCUT2D eigenvalue weighted by Crippen LogP contribution is -2.36. The lowest BCUT2D eigenvalue weighted by atomic mass is 10.1. The molecule has 2 aromatic carbocycles. The first-order chi connectivity index (χ1) is 15.0. The maximum absolute atomic E-state index is 13.1. The molecular weight excluding hydrogens is 392 g/mol. The quantitative estimate of drug-likeness (QED) is 0.601. The second-order valence-corrected chi connectivity index (χ2v) is 7.89. The highest BCUT2D eigenvalue weighted by Gasteiger charge is 2.33. The van der Waals surface area contributed by atoms with E-state index in [1.165, 1.54) is 0 Å². The Balaban J connectivity index is 1.51. The summed E-state index contributed by atoms with van der Waals surface area (Å²) in [7, 11) is 3.28. The van der Waals surface area contributed by atoms with E-state index in [0.29, 0.717) is 18.0 Å². The highest BCUT2D eigenvalue weighted by molar-refractivity contribution is 5.90. The zero-order valence-corrected chi connectivity index (χ0v) is 18.4. The van der Waals surface area contributed by atoms with Crippen molar-refractivity contribution in [1.29, 1.82) is 0 Å². The number of imidazole rings is 1. The predicted octanol–water partition coefficient (Wildman–Crippen LogP) is 4.70. The van der Waals surface area contributed by atoms with Gasteiger partial charge < -0.3 is 24.3 Å². The summed E-state index contributed by atoms with van der Waals surface area (Å²) in [5, 5.41) is 3.04. The summed E-state index contributed by atoms with van der Waals surface area (Å²) < 4.78 is 12.8. The maximum atomic E-state index is 13.1. The number of carbonyl (C=O) groups is 1. The molecule has 0 unspecified atom stereocenters. The van der Waals surface area contributed by atoms with E-state index in [1.807, 2.05) is 65.9 Å². The van der Waals surface area contributed by atoms with Gasteiger partial charge in [0.2, 0.25) is 0 Å². The molecule has 1 aliphatic rings. The van der Waals surface area contributed by atoms with Gasteiger partial charge in [0.25, 0.3) is 0 Å². The Bertz CT molecular complexity index is 1090. The van der Waals surface area contributed by atoms with Crippen molar-refractivity contribution < 1.29 is 14.3 Å². The molecule has 0 saturated heterocycles. The van der Waals surface area contributed by atoms with Gasteiger partial charge in [0.05, 0.1) is 31.9 Å². The molecule has 2 amide bonds. The minimum atomic E-state index is -0.106. The Kier molecular flexibility index (Phi) is 5.84. The van der Waals surface area contributed by atoms with Crippen molar-refractivity contribution >= 4 is 11.7 Å². The molecule has 1 aliphatic carbocycles. The number of hydrogen-bond acceptors (Lipinski definition) is 4. The second-order valence-electron chi connectivity index (χ2n) is 7.89. The number of anilines is 1. The molecule has 3 aromatic rings. The van der Waals surface area contributed by atoms with Crippen LogP contribution in [0.25, 0.3) is 5.69 Å². The number of methoxy groups -OCH3 is 2. The lowest BCUT2D eigenvalue weighted by molar-refractivity contribution is 0.206. The largest absolute Gasteiger partial charge is 0.497 e. The standard InChI is InChI=1S/C24H28N4O3/c1-16-11-21(30-3)9-5-18(16)14-28(20-7-8-20)24(29)26-19-6-10-22(23(12-19)31-4)27-13-17(2)25-15-27/h5-6,9-13,15,20H,7-8,14H2,1-4H3,(H,26,29). The summed E-state index contributed by atoms with van der Waals surface area (Å²) in [4.78, 5) is 19.3. The van der Waals surface area contributed by atoms with Crippen LogP contribution in [0.2, 0.25) is 0 Å². The Hall–Kier alpha value is -3.48. The molecule has 0 bridgehead atoms. The average molecular weight is 421 g/mol. The first-order valence-corrected chi connectivity index (χ1v) is 10.4. The molecule has 1 saturated carbocycles. The topological polar surface area (TPSA) is 68.6 Å². The van der Waals surface area contributed by atoms with E-state index in [-0.39, 0.29) is 12.1 Å². The van der Waals surface area contributed by atoms with Gasteiger partial charge in [-0.3, -0.25) is 0 Å². The van der Waals surface area contributed by atoms with Gasteiger partial charge in [-0.1, -0.05) is 6.07 Å². The van der Waals surface area contributed by atoms with Crippen molar-refractivity contribution in [3.63, 3.8) is 0 Å². The summed E-state index contributed by atoms with van der Waals surface area (Å²) >= 11 is 0. The minimum Gasteiger partial charge on any atom is -0.497 e. The van der Waals surface area contributed by atoms with Crippen LogP contribution in [0.15, 0.2) is 48.9 Å². The van der Waals surface area contributed by atoms with Gasteiger partial charge in [-0.05, 0) is 62.1 Å². The minimum absolute atomic E-state index is 0.106. The molecule has 7 heteroatoms. The van der Waals surface area contributed by atoms with Gasteiger partial charge in [0.15, 0.2) is 0 Å². The first-order valence-electron chi connectivity index (χ1n) is 10.4. The van der Waals surface area contributed by atoms with Gasteiger partial charge in [-0.2, -0.15) is 0 Å². The number of carbonyl (C=O) groups excluding carboxylic acids is 1. The van der Waals surface area contributed by atoms with Gasteiger partial charge in [0, 0.05) is 30.5 Å². The highest BCUT2D eigenvalue weighted by atomic mass is 16.5. The summed E-state index contributed by atoms with van der Waals surface area (Å²) in [5.74, 6) is 1.49. The first kappa shape index (κ1) is 20.8. The van der Waals surface area contributed by atoms with Crippen LogP contribution in [0.3, 0.4) is 0 Å². The van der Waals surface area contributed by atoms with Crippen LogP contribution in [0.5, 0.6) is 11.5 Å². The normalized spacial score (nSPS) is 13.0. The van der Waals surface area contributed by atoms with Crippen molar-refractivity contribution in [3.8, 4) is 17.2 Å². The van der Waals surface area contributed by atoms with Crippen LogP contribution in [0.1, 0.15) is 29.7 Å². The van der Waals surface area contributed by atoms with Crippen molar-refractivity contribution in [2.45, 2.75) is 39.3 Å². The fourth-order valence-electron chi connectivity index (χ4n) is 3.63. The van der Waals surface area contributed by atoms with E-state index in [1.54, 1.807) is 20.5 Å². The molecule has 162 valence electrons. The van der Waals surface area contributed by atoms with Crippen molar-refractivity contribution in [2.75, 3.05) is 19.5 Å². The number of amides is 2. The zero-order valence-electron chi connectivity index (χ0n) is 18.4. The Morgan fingerprint density at radius 3 is 2.58 bits per heavy atom. The van der Waals surface area contributed by atoms with Crippen molar-refractivity contribution in [2.24, 2.45) is 0 Å². The van der Waals surface area contributed by atoms with E-state index < -0.39 is 0 Å². The van der Waals surface area contributed by atoms with Crippen LogP contribution in [-0.4, -0.2) is 40.7 Å². The van der Waals surface area contributed by atoms with Crippen LogP contribution in [0, 0.1) is 13.8 Å². The number of benzene rings is 2. The number of ether oxygens (including phenoxy) is 2. The maximum Gasteiger partial charge on any atom is 0.322 e. The van der Waals surface area contributed by atoms with Crippen molar-refractivity contribution in [3.05, 3.63) is 65.7 Å². The highest BCUT2D eigenvalue weighted by Crippen LogP contribution is 2.31. The smallest absolute Gasteiger partial charge is 0.322 e. The zero-order chi connectivity index (χ0) is 22.0. The molecule has 0 spiro atoms. The molecule has 0 radical (unpaired) electrons. The number of hydrogen-bond donors (Lipinski definition) is 1. The molecule has 0 atom stereocenters. The Labute approximate surface area is 182 Å². The van der Waals surface area contributed by atoms with Crippen LogP contribution >= 0.6 is 0 Å². The van der Waals surface area contributed by atoms with Gasteiger partial charge in [-0.25, -0.2) is 9.78 Å². The summed E-state index contributed by atoms with van der Waals surface area (Å²) in [6.07, 6.45) is 5.75. The number of urea groups is 1. The number of nitrogens with zero attached hydrogens (tertiary/aromatic N) is 3. The fourth-order valence-corrected chi connectivity index (χ4v) is 3.63. The number of aryl methyl sites for hydroxylation is 2. The van der Waals surface area contributed by atoms with E-state index in [2.05, 4.69) is 10.3 Å². The van der Waals surface area contributed by atoms with Crippen molar-refractivity contribution in [1.82, 2.24) is 14.5 Å². The Morgan fingerprint density at radius 2 is 1.97 bits per heavy atom. The molecule has 1 aromatic heterocycles. The molecule has 31 heavy (non-hydrogen) atoms. The number of aromatic nitrogens is 2. The third kappa shape index (κ3) is 4.66. The third-order valence-corrected chi connectivity index (χ3v) is 5.56. The molecule has 1 heterocycles. The predicted molar refractivity (Wildman–Crippen MR) is 120 cm³/mol. The van der Waals surface area contributed by atoms with E-state index >= 15 is 0 Å². The molecule has 4 rings (SSSR count). The van der Waals surface area contributed by atoms with E-state index in [4.69, 9.17) is 9.47 Å². The molecular formula is C24H28N4O3. The lowest BCUT2D eigenvalue weighted by Gasteiger charge is -2.24. The summed E-state index contributed by atoms with van der Waals surface area (Å²) in [6.45, 7) is 4.55. The molecule has 1 N–H and O–H groups in total. The Morgan fingerprint density at radius 1 is 1.16 bits per heavy atom. The van der Waals surface area contributed by atoms with Gasteiger partial charge in [-0.15, -0.1) is 0 Å². The van der Waals surface area contributed by atoms with Crippen LogP contribution < -0.4 is 14.8 Å².